The summed E-state index contributed by atoms with van der Waals surface area (Å²) in [5.74, 6) is -0.162. The first-order valence-electron chi connectivity index (χ1n) is 4.77. The summed E-state index contributed by atoms with van der Waals surface area (Å²) in [4.78, 5) is 15.6. The Kier molecular flexibility index (Phi) is 4.80. The van der Waals surface area contributed by atoms with Gasteiger partial charge in [0, 0.05) is 6.42 Å². The summed E-state index contributed by atoms with van der Waals surface area (Å²) in [6.45, 7) is 0.00205. The van der Waals surface area contributed by atoms with Crippen molar-refractivity contribution in [3.05, 3.63) is 35.4 Å². The summed E-state index contributed by atoms with van der Waals surface area (Å²) < 4.78 is 0. The van der Waals surface area contributed by atoms with Gasteiger partial charge >= 0.3 is 0 Å². The molecule has 0 bridgehead atoms. The number of hydrogen-bond acceptors (Lipinski definition) is 3. The van der Waals surface area contributed by atoms with Gasteiger partial charge in [-0.15, -0.1) is 0 Å². The van der Waals surface area contributed by atoms with Crippen molar-refractivity contribution in [2.75, 3.05) is 7.11 Å². The minimum Gasteiger partial charge on any atom is -0.392 e. The largest absolute Gasteiger partial charge is 0.392 e. The van der Waals surface area contributed by atoms with E-state index in [-0.39, 0.29) is 12.5 Å². The normalized spacial score (nSPS) is 10.0. The predicted octanol–water partition coefficient (Wildman–Crippen LogP) is 0.789. The first-order valence-corrected chi connectivity index (χ1v) is 4.77. The summed E-state index contributed by atoms with van der Waals surface area (Å²) in [6, 6.07) is 7.52. The highest BCUT2D eigenvalue weighted by Gasteiger charge is 2.04. The fraction of sp³-hybridized carbons (Fsp3) is 0.364. The molecule has 4 nitrogen and oxygen atoms in total. The van der Waals surface area contributed by atoms with Crippen LogP contribution in [0.4, 0.5) is 0 Å². The first kappa shape index (κ1) is 11.7. The Balaban J connectivity index is 2.53. The van der Waals surface area contributed by atoms with Crippen molar-refractivity contribution in [2.24, 2.45) is 0 Å². The number of carbonyl (C=O) groups is 1. The Bertz CT molecular complexity index is 325. The smallest absolute Gasteiger partial charge is 0.243 e. The van der Waals surface area contributed by atoms with Crippen LogP contribution in [0.5, 0.6) is 0 Å². The maximum absolute atomic E-state index is 11.1. The molecule has 0 aliphatic rings. The SMILES string of the molecule is CONC(=O)CCc1ccccc1CO. The van der Waals surface area contributed by atoms with Crippen LogP contribution in [0.15, 0.2) is 24.3 Å². The van der Waals surface area contributed by atoms with Crippen molar-refractivity contribution in [2.45, 2.75) is 19.4 Å². The molecule has 0 aliphatic carbocycles. The fourth-order valence-electron chi connectivity index (χ4n) is 1.37. The van der Waals surface area contributed by atoms with E-state index in [2.05, 4.69) is 10.3 Å². The molecule has 0 fully saturated rings. The van der Waals surface area contributed by atoms with E-state index in [0.717, 1.165) is 11.1 Å². The number of benzene rings is 1. The van der Waals surface area contributed by atoms with Crippen LogP contribution in [0.1, 0.15) is 17.5 Å². The topological polar surface area (TPSA) is 58.6 Å². The van der Waals surface area contributed by atoms with Crippen LogP contribution in [0.25, 0.3) is 0 Å². The van der Waals surface area contributed by atoms with Crippen LogP contribution in [-0.2, 0) is 22.7 Å². The van der Waals surface area contributed by atoms with Gasteiger partial charge in [-0.3, -0.25) is 9.63 Å². The number of hydroxylamine groups is 1. The highest BCUT2D eigenvalue weighted by atomic mass is 16.6. The van der Waals surface area contributed by atoms with Crippen molar-refractivity contribution in [1.29, 1.82) is 0 Å². The number of aliphatic hydroxyl groups is 1. The molecule has 4 heteroatoms. The van der Waals surface area contributed by atoms with Gasteiger partial charge in [-0.25, -0.2) is 5.48 Å². The standard InChI is InChI=1S/C11H15NO3/c1-15-12-11(14)7-6-9-4-2-3-5-10(9)8-13/h2-5,13H,6-8H2,1H3,(H,12,14). The third-order valence-electron chi connectivity index (χ3n) is 2.13. The van der Waals surface area contributed by atoms with E-state index in [1.807, 2.05) is 24.3 Å². The van der Waals surface area contributed by atoms with Crippen molar-refractivity contribution < 1.29 is 14.7 Å². The molecule has 2 N–H and O–H groups in total. The quantitative estimate of drug-likeness (QED) is 0.705. The van der Waals surface area contributed by atoms with Crippen molar-refractivity contribution in [1.82, 2.24) is 5.48 Å². The summed E-state index contributed by atoms with van der Waals surface area (Å²) in [7, 11) is 1.40. The molecule has 82 valence electrons. The minimum atomic E-state index is -0.162. The van der Waals surface area contributed by atoms with Crippen LogP contribution in [-0.4, -0.2) is 18.1 Å². The zero-order valence-corrected chi connectivity index (χ0v) is 8.69. The number of aliphatic hydroxyl groups excluding tert-OH is 1. The predicted molar refractivity (Wildman–Crippen MR) is 55.8 cm³/mol. The van der Waals surface area contributed by atoms with E-state index in [9.17, 15) is 4.79 Å². The monoisotopic (exact) mass is 209 g/mol. The molecule has 0 saturated carbocycles. The lowest BCUT2D eigenvalue weighted by Crippen LogP contribution is -2.22. The average Bonchev–Trinajstić information content (AvgIpc) is 2.27. The van der Waals surface area contributed by atoms with E-state index in [4.69, 9.17) is 5.11 Å². The molecule has 0 heterocycles. The van der Waals surface area contributed by atoms with Gasteiger partial charge in [-0.1, -0.05) is 24.3 Å². The van der Waals surface area contributed by atoms with E-state index in [1.165, 1.54) is 7.11 Å². The Morgan fingerprint density at radius 1 is 1.40 bits per heavy atom. The number of amides is 1. The van der Waals surface area contributed by atoms with E-state index < -0.39 is 0 Å². The van der Waals surface area contributed by atoms with Gasteiger partial charge in [-0.2, -0.15) is 0 Å². The molecule has 0 radical (unpaired) electrons. The van der Waals surface area contributed by atoms with Gasteiger partial charge in [0.1, 0.15) is 0 Å². The minimum absolute atomic E-state index is 0.00205. The van der Waals surface area contributed by atoms with Gasteiger partial charge < -0.3 is 5.11 Å². The molecular formula is C11H15NO3. The average molecular weight is 209 g/mol. The van der Waals surface area contributed by atoms with Gasteiger partial charge in [-0.05, 0) is 17.5 Å². The number of hydrogen-bond donors (Lipinski definition) is 2. The Morgan fingerprint density at radius 2 is 2.07 bits per heavy atom. The van der Waals surface area contributed by atoms with Crippen molar-refractivity contribution in [3.63, 3.8) is 0 Å². The molecule has 0 unspecified atom stereocenters. The Labute approximate surface area is 88.8 Å². The maximum atomic E-state index is 11.1. The number of aryl methyl sites for hydroxylation is 1. The second-order valence-electron chi connectivity index (χ2n) is 3.16. The molecule has 0 atom stereocenters. The molecule has 0 saturated heterocycles. The van der Waals surface area contributed by atoms with Crippen LogP contribution < -0.4 is 5.48 Å². The lowest BCUT2D eigenvalue weighted by molar-refractivity contribution is -0.131. The summed E-state index contributed by atoms with van der Waals surface area (Å²) >= 11 is 0. The van der Waals surface area contributed by atoms with Crippen LogP contribution in [0.3, 0.4) is 0 Å². The molecule has 1 aromatic rings. The summed E-state index contributed by atoms with van der Waals surface area (Å²) in [5.41, 5.74) is 4.11. The Morgan fingerprint density at radius 3 is 2.67 bits per heavy atom. The van der Waals surface area contributed by atoms with E-state index in [1.54, 1.807) is 0 Å². The number of nitrogens with one attached hydrogen (secondary N) is 1. The molecule has 1 aromatic carbocycles. The van der Waals surface area contributed by atoms with E-state index >= 15 is 0 Å². The van der Waals surface area contributed by atoms with Crippen molar-refractivity contribution in [3.8, 4) is 0 Å². The molecule has 0 aliphatic heterocycles. The zero-order chi connectivity index (χ0) is 11.1. The fourth-order valence-corrected chi connectivity index (χ4v) is 1.37. The van der Waals surface area contributed by atoms with Crippen LogP contribution >= 0.6 is 0 Å². The van der Waals surface area contributed by atoms with E-state index in [0.29, 0.717) is 12.8 Å². The number of carbonyl (C=O) groups excluding carboxylic acids is 1. The Hall–Kier alpha value is -1.39. The molecular weight excluding hydrogens is 194 g/mol. The molecule has 1 amide bonds. The molecule has 0 spiro atoms. The molecule has 15 heavy (non-hydrogen) atoms. The first-order chi connectivity index (χ1) is 7.27. The second kappa shape index (κ2) is 6.16. The van der Waals surface area contributed by atoms with Gasteiger partial charge in [0.15, 0.2) is 0 Å². The second-order valence-corrected chi connectivity index (χ2v) is 3.16. The third-order valence-corrected chi connectivity index (χ3v) is 2.13. The summed E-state index contributed by atoms with van der Waals surface area (Å²) in [5, 5.41) is 9.06. The molecule has 1 rings (SSSR count). The van der Waals surface area contributed by atoms with Gasteiger partial charge in [0.05, 0.1) is 13.7 Å². The highest BCUT2D eigenvalue weighted by molar-refractivity contribution is 5.75. The molecule has 0 aromatic heterocycles. The lowest BCUT2D eigenvalue weighted by Gasteiger charge is -2.06. The van der Waals surface area contributed by atoms with Gasteiger partial charge in [0.2, 0.25) is 5.91 Å². The zero-order valence-electron chi connectivity index (χ0n) is 8.69. The maximum Gasteiger partial charge on any atom is 0.243 e. The summed E-state index contributed by atoms with van der Waals surface area (Å²) in [6.07, 6.45) is 0.955. The van der Waals surface area contributed by atoms with Gasteiger partial charge in [0.25, 0.3) is 0 Å². The van der Waals surface area contributed by atoms with Crippen LogP contribution in [0, 0.1) is 0 Å². The van der Waals surface area contributed by atoms with Crippen molar-refractivity contribution >= 4 is 5.91 Å². The highest BCUT2D eigenvalue weighted by Crippen LogP contribution is 2.10. The third kappa shape index (κ3) is 3.69. The number of rotatable bonds is 5. The van der Waals surface area contributed by atoms with Crippen LogP contribution in [0.2, 0.25) is 0 Å². The lowest BCUT2D eigenvalue weighted by atomic mass is 10.0.